The molecule has 0 amide bonds. The van der Waals surface area contributed by atoms with Gasteiger partial charge < -0.3 is 0 Å². The molecule has 0 bridgehead atoms. The summed E-state index contributed by atoms with van der Waals surface area (Å²) in [4.78, 5) is 0. The summed E-state index contributed by atoms with van der Waals surface area (Å²) in [6, 6.07) is 15.8. The number of hydrogen-bond acceptors (Lipinski definition) is 3. The molecule has 1 aliphatic heterocycles. The van der Waals surface area contributed by atoms with Crippen LogP contribution in [0.4, 0.5) is 0 Å². The van der Waals surface area contributed by atoms with E-state index >= 15 is 0 Å². The molecular formula is C29H34N2ORu. The molecule has 3 aromatic carbocycles. The molecule has 0 radical (unpaired) electrons. The molecule has 3 aromatic rings. The van der Waals surface area contributed by atoms with Crippen LogP contribution in [0.3, 0.4) is 0 Å². The predicted molar refractivity (Wildman–Crippen MR) is 138 cm³/mol. The number of hydrogen-bond donors (Lipinski definition) is 2. The van der Waals surface area contributed by atoms with Crippen molar-refractivity contribution in [2.45, 2.75) is 41.5 Å². The summed E-state index contributed by atoms with van der Waals surface area (Å²) >= 11 is -0.212. The Hall–Kier alpha value is -2.26. The van der Waals surface area contributed by atoms with E-state index in [9.17, 15) is 0 Å². The van der Waals surface area contributed by atoms with Gasteiger partial charge in [0.05, 0.1) is 0 Å². The monoisotopic (exact) mass is 528 g/mol. The standard InChI is InChI=1S/C26H28O.C3H6N2.Ru/c1-16-11-18(3)24(19(4)12-16)15-22-9-8-10-23(26(22)27-7)25-20(5)13-17(2)14-21(25)6;1-2-5-3-4-1;/h8-14H,1-7H3;4-5H,1-2H2;. The second-order valence-corrected chi connectivity index (χ2v) is 11.2. The van der Waals surface area contributed by atoms with E-state index in [1.807, 2.05) is 7.11 Å². The first-order chi connectivity index (χ1) is 15.8. The van der Waals surface area contributed by atoms with Crippen molar-refractivity contribution in [1.29, 1.82) is 0 Å². The summed E-state index contributed by atoms with van der Waals surface area (Å²) in [6.45, 7) is 15.2. The summed E-state index contributed by atoms with van der Waals surface area (Å²) in [5.41, 5.74) is 12.8. The van der Waals surface area contributed by atoms with E-state index in [4.69, 9.17) is 4.74 Å². The number of ether oxygens (including phenoxy) is 1. The fourth-order valence-electron chi connectivity index (χ4n) is 5.02. The van der Waals surface area contributed by atoms with E-state index in [2.05, 4.69) is 94.6 Å². The molecule has 2 N–H and O–H groups in total. The molecule has 1 aliphatic rings. The van der Waals surface area contributed by atoms with E-state index in [1.165, 1.54) is 64.1 Å². The number of para-hydroxylation sites is 1. The van der Waals surface area contributed by atoms with Crippen molar-refractivity contribution in [2.24, 2.45) is 0 Å². The quantitative estimate of drug-likeness (QED) is 0.461. The third kappa shape index (κ3) is 4.84. The van der Waals surface area contributed by atoms with Gasteiger partial charge in [0.1, 0.15) is 0 Å². The maximum absolute atomic E-state index is 6.19. The molecule has 0 spiro atoms. The van der Waals surface area contributed by atoms with Gasteiger partial charge in [0.25, 0.3) is 0 Å². The molecule has 0 saturated carbocycles. The van der Waals surface area contributed by atoms with Crippen molar-refractivity contribution in [3.8, 4) is 16.9 Å². The van der Waals surface area contributed by atoms with Crippen molar-refractivity contribution in [1.82, 2.24) is 10.6 Å². The van der Waals surface area contributed by atoms with Crippen LogP contribution < -0.4 is 15.4 Å². The number of rotatable bonds is 4. The third-order valence-corrected chi connectivity index (χ3v) is 8.53. The van der Waals surface area contributed by atoms with Crippen LogP contribution >= 0.6 is 0 Å². The SMILES string of the molecule is COc1c([C](=[Ru]=[C]2NCCN2)c2c(C)cc(C)cc2C)cccc1-c1c(C)cc(C)cc1C. The zero-order chi connectivity index (χ0) is 23.7. The number of methoxy groups -OCH3 is 1. The van der Waals surface area contributed by atoms with Gasteiger partial charge in [-0.1, -0.05) is 0 Å². The van der Waals surface area contributed by atoms with Gasteiger partial charge in [0.2, 0.25) is 0 Å². The normalized spacial score (nSPS) is 13.5. The second kappa shape index (κ2) is 9.93. The minimum absolute atomic E-state index is 0.212. The van der Waals surface area contributed by atoms with Crippen LogP contribution in [0.25, 0.3) is 11.1 Å². The van der Waals surface area contributed by atoms with Gasteiger partial charge in [-0.15, -0.1) is 0 Å². The zero-order valence-corrected chi connectivity index (χ0v) is 22.5. The average Bonchev–Trinajstić information content (AvgIpc) is 3.24. The summed E-state index contributed by atoms with van der Waals surface area (Å²) < 4.78 is 8.84. The molecule has 4 rings (SSSR count). The van der Waals surface area contributed by atoms with Crippen molar-refractivity contribution in [3.05, 3.63) is 87.0 Å². The van der Waals surface area contributed by atoms with Gasteiger partial charge in [-0.2, -0.15) is 0 Å². The average molecular weight is 528 g/mol. The summed E-state index contributed by atoms with van der Waals surface area (Å²) in [5, 5.41) is 7.14. The Morgan fingerprint density at radius 2 is 1.33 bits per heavy atom. The molecule has 0 unspecified atom stereocenters. The molecule has 0 aromatic heterocycles. The Balaban J connectivity index is 2.05. The molecule has 174 valence electrons. The Morgan fingerprint density at radius 1 is 0.788 bits per heavy atom. The summed E-state index contributed by atoms with van der Waals surface area (Å²) in [7, 11) is 1.81. The first-order valence-corrected chi connectivity index (χ1v) is 13.2. The van der Waals surface area contributed by atoms with Crippen LogP contribution in [0, 0.1) is 41.5 Å². The fourth-order valence-corrected chi connectivity index (χ4v) is 7.68. The van der Waals surface area contributed by atoms with Gasteiger partial charge in [0, 0.05) is 0 Å². The van der Waals surface area contributed by atoms with Crippen LogP contribution in [-0.2, 0) is 16.2 Å². The van der Waals surface area contributed by atoms with Crippen LogP contribution in [-0.4, -0.2) is 28.7 Å². The Kier molecular flexibility index (Phi) is 7.19. The third-order valence-electron chi connectivity index (χ3n) is 6.14. The molecule has 0 aliphatic carbocycles. The Bertz CT molecular complexity index is 1240. The van der Waals surface area contributed by atoms with Crippen LogP contribution in [0.2, 0.25) is 0 Å². The first kappa shape index (κ1) is 23.9. The van der Waals surface area contributed by atoms with Crippen LogP contribution in [0.15, 0.2) is 42.5 Å². The molecule has 3 nitrogen and oxygen atoms in total. The van der Waals surface area contributed by atoms with E-state index in [1.54, 1.807) is 0 Å². The van der Waals surface area contributed by atoms with Gasteiger partial charge in [0.15, 0.2) is 0 Å². The van der Waals surface area contributed by atoms with Gasteiger partial charge in [-0.3, -0.25) is 0 Å². The van der Waals surface area contributed by atoms with Crippen molar-refractivity contribution in [2.75, 3.05) is 20.2 Å². The fraction of sp³-hybridized carbons (Fsp3) is 0.310. The number of aryl methyl sites for hydroxylation is 6. The summed E-state index contributed by atoms with van der Waals surface area (Å²) in [5.74, 6) is 0.967. The molecule has 0 atom stereocenters. The van der Waals surface area contributed by atoms with Crippen molar-refractivity contribution < 1.29 is 21.0 Å². The molecule has 1 fully saturated rings. The maximum atomic E-state index is 6.19. The number of benzene rings is 3. The van der Waals surface area contributed by atoms with Crippen molar-refractivity contribution >= 4 is 8.46 Å². The van der Waals surface area contributed by atoms with E-state index in [0.29, 0.717) is 0 Å². The first-order valence-electron chi connectivity index (χ1n) is 11.5. The molecule has 4 heteroatoms. The van der Waals surface area contributed by atoms with Gasteiger partial charge in [-0.05, 0) is 0 Å². The second-order valence-electron chi connectivity index (χ2n) is 8.98. The summed E-state index contributed by atoms with van der Waals surface area (Å²) in [6.07, 6.45) is 0. The molecule has 33 heavy (non-hydrogen) atoms. The number of nitrogens with one attached hydrogen (secondary N) is 2. The van der Waals surface area contributed by atoms with Crippen molar-refractivity contribution in [3.63, 3.8) is 0 Å². The minimum atomic E-state index is -0.212. The van der Waals surface area contributed by atoms with Crippen LogP contribution in [0.1, 0.15) is 44.5 Å². The molecular weight excluding hydrogens is 493 g/mol. The van der Waals surface area contributed by atoms with Gasteiger partial charge in [-0.25, -0.2) is 0 Å². The topological polar surface area (TPSA) is 33.3 Å². The van der Waals surface area contributed by atoms with E-state index in [0.717, 1.165) is 18.8 Å². The van der Waals surface area contributed by atoms with Crippen LogP contribution in [0.5, 0.6) is 5.75 Å². The Morgan fingerprint density at radius 3 is 1.88 bits per heavy atom. The van der Waals surface area contributed by atoms with E-state index < -0.39 is 0 Å². The van der Waals surface area contributed by atoms with E-state index in [-0.39, 0.29) is 16.2 Å². The predicted octanol–water partition coefficient (Wildman–Crippen LogP) is 5.14. The zero-order valence-electron chi connectivity index (χ0n) is 20.7. The molecule has 1 saturated heterocycles. The van der Waals surface area contributed by atoms with Gasteiger partial charge >= 0.3 is 206 Å². The Labute approximate surface area is 205 Å². The molecule has 1 heterocycles.